The lowest BCUT2D eigenvalue weighted by atomic mass is 10.1. The van der Waals surface area contributed by atoms with Gasteiger partial charge in [-0.1, -0.05) is 18.2 Å². The van der Waals surface area contributed by atoms with Crippen LogP contribution >= 0.6 is 0 Å². The van der Waals surface area contributed by atoms with Crippen LogP contribution in [0.25, 0.3) is 5.69 Å². The van der Waals surface area contributed by atoms with E-state index in [0.717, 1.165) is 23.6 Å². The molecule has 0 aliphatic carbocycles. The first kappa shape index (κ1) is 15.7. The van der Waals surface area contributed by atoms with Crippen molar-refractivity contribution in [1.29, 1.82) is 0 Å². The molecule has 1 aliphatic rings. The number of nitrogens with one attached hydrogen (secondary N) is 2. The molecule has 1 saturated heterocycles. The summed E-state index contributed by atoms with van der Waals surface area (Å²) < 4.78 is 7.31. The van der Waals surface area contributed by atoms with Gasteiger partial charge >= 0.3 is 0 Å². The molecule has 1 aromatic carbocycles. The Kier molecular flexibility index (Phi) is 4.73. The van der Waals surface area contributed by atoms with Crippen molar-refractivity contribution in [3.63, 3.8) is 0 Å². The zero-order chi connectivity index (χ0) is 16.2. The Hall–Kier alpha value is -2.18. The molecule has 2 heterocycles. The van der Waals surface area contributed by atoms with Crippen molar-refractivity contribution in [1.82, 2.24) is 20.2 Å². The molecule has 0 radical (unpaired) electrons. The first-order valence-electron chi connectivity index (χ1n) is 7.81. The summed E-state index contributed by atoms with van der Waals surface area (Å²) in [7, 11) is 1.68. The summed E-state index contributed by atoms with van der Waals surface area (Å²) in [4.78, 5) is 16.6. The number of hydrogen-bond donors (Lipinski definition) is 2. The maximum atomic E-state index is 12.3. The molecule has 23 heavy (non-hydrogen) atoms. The van der Waals surface area contributed by atoms with Gasteiger partial charge in [0.15, 0.2) is 0 Å². The van der Waals surface area contributed by atoms with Crippen molar-refractivity contribution >= 4 is 5.91 Å². The molecule has 0 unspecified atom stereocenters. The molecule has 6 heteroatoms. The fourth-order valence-electron chi connectivity index (χ4n) is 2.92. The van der Waals surface area contributed by atoms with E-state index in [0.29, 0.717) is 13.0 Å². The quantitative estimate of drug-likeness (QED) is 0.869. The summed E-state index contributed by atoms with van der Waals surface area (Å²) in [5.41, 5.74) is 2.10. The second kappa shape index (κ2) is 6.93. The average molecular weight is 314 g/mol. The van der Waals surface area contributed by atoms with Gasteiger partial charge in [0.25, 0.3) is 0 Å². The summed E-state index contributed by atoms with van der Waals surface area (Å²) in [6, 6.07) is 7.84. The monoisotopic (exact) mass is 314 g/mol. The van der Waals surface area contributed by atoms with Crippen LogP contribution in [0.15, 0.2) is 36.7 Å². The van der Waals surface area contributed by atoms with Gasteiger partial charge in [0, 0.05) is 32.6 Å². The Labute approximate surface area is 135 Å². The highest BCUT2D eigenvalue weighted by Gasteiger charge is 2.29. The molecule has 1 amide bonds. The number of ether oxygens (including phenoxy) is 1. The topological polar surface area (TPSA) is 68.2 Å². The van der Waals surface area contributed by atoms with E-state index in [-0.39, 0.29) is 18.1 Å². The minimum atomic E-state index is -0.179. The molecule has 0 bridgehead atoms. The third kappa shape index (κ3) is 3.43. The maximum Gasteiger partial charge on any atom is 0.237 e. The van der Waals surface area contributed by atoms with Crippen molar-refractivity contribution in [2.75, 3.05) is 13.7 Å². The number of hydrogen-bond acceptors (Lipinski definition) is 4. The Morgan fingerprint density at radius 3 is 3.00 bits per heavy atom. The van der Waals surface area contributed by atoms with Crippen LogP contribution in [0.3, 0.4) is 0 Å². The van der Waals surface area contributed by atoms with Crippen molar-refractivity contribution in [2.24, 2.45) is 0 Å². The summed E-state index contributed by atoms with van der Waals surface area (Å²) in [5.74, 6) is 0.936. The van der Waals surface area contributed by atoms with Gasteiger partial charge in [0.05, 0.1) is 17.8 Å². The zero-order valence-electron chi connectivity index (χ0n) is 13.5. The van der Waals surface area contributed by atoms with E-state index in [1.54, 1.807) is 13.3 Å². The number of para-hydroxylation sites is 1. The molecule has 0 spiro atoms. The number of aromatic nitrogens is 2. The minimum Gasteiger partial charge on any atom is -0.380 e. The highest BCUT2D eigenvalue weighted by atomic mass is 16.5. The highest BCUT2D eigenvalue weighted by Crippen LogP contribution is 2.16. The van der Waals surface area contributed by atoms with E-state index >= 15 is 0 Å². The molecule has 122 valence electrons. The first-order chi connectivity index (χ1) is 11.2. The molecule has 2 N–H and O–H groups in total. The van der Waals surface area contributed by atoms with Crippen LogP contribution in [0.4, 0.5) is 0 Å². The molecule has 1 aliphatic heterocycles. The SMILES string of the molecule is CO[C@@H]1CN[C@H](C(=O)NCc2ccccc2-n2ccnc2C)C1. The largest absolute Gasteiger partial charge is 0.380 e. The molecular weight excluding hydrogens is 292 g/mol. The predicted molar refractivity (Wildman–Crippen MR) is 87.4 cm³/mol. The fourth-order valence-corrected chi connectivity index (χ4v) is 2.92. The lowest BCUT2D eigenvalue weighted by molar-refractivity contribution is -0.123. The zero-order valence-corrected chi connectivity index (χ0v) is 13.5. The fraction of sp³-hybridized carbons (Fsp3) is 0.412. The number of aryl methyl sites for hydroxylation is 1. The van der Waals surface area contributed by atoms with Gasteiger partial charge in [-0.15, -0.1) is 0 Å². The van der Waals surface area contributed by atoms with Gasteiger partial charge in [0.2, 0.25) is 5.91 Å². The molecule has 3 rings (SSSR count). The molecule has 0 saturated carbocycles. The smallest absolute Gasteiger partial charge is 0.237 e. The van der Waals surface area contributed by atoms with E-state index in [1.807, 2.05) is 42.0 Å². The normalized spacial score (nSPS) is 20.6. The summed E-state index contributed by atoms with van der Waals surface area (Å²) in [6.07, 6.45) is 4.53. The molecule has 1 aromatic heterocycles. The lowest BCUT2D eigenvalue weighted by Gasteiger charge is -2.15. The number of carbonyl (C=O) groups is 1. The number of carbonyl (C=O) groups excluding carboxylic acids is 1. The van der Waals surface area contributed by atoms with Crippen LogP contribution in [0.5, 0.6) is 0 Å². The highest BCUT2D eigenvalue weighted by molar-refractivity contribution is 5.82. The van der Waals surface area contributed by atoms with Crippen LogP contribution in [-0.2, 0) is 16.1 Å². The molecule has 2 aromatic rings. The number of methoxy groups -OCH3 is 1. The number of benzene rings is 1. The van der Waals surface area contributed by atoms with E-state index in [4.69, 9.17) is 4.74 Å². The maximum absolute atomic E-state index is 12.3. The average Bonchev–Trinajstić information content (AvgIpc) is 3.21. The Bertz CT molecular complexity index is 683. The summed E-state index contributed by atoms with van der Waals surface area (Å²) >= 11 is 0. The molecule has 1 fully saturated rings. The van der Waals surface area contributed by atoms with Gasteiger partial charge in [-0.2, -0.15) is 0 Å². The lowest BCUT2D eigenvalue weighted by Crippen LogP contribution is -2.40. The van der Waals surface area contributed by atoms with Crippen LogP contribution in [0.2, 0.25) is 0 Å². The molecule has 6 nitrogen and oxygen atoms in total. The van der Waals surface area contributed by atoms with Crippen LogP contribution in [-0.4, -0.2) is 41.3 Å². The number of nitrogens with zero attached hydrogens (tertiary/aromatic N) is 2. The van der Waals surface area contributed by atoms with Crippen molar-refractivity contribution in [2.45, 2.75) is 32.0 Å². The van der Waals surface area contributed by atoms with E-state index in [2.05, 4.69) is 15.6 Å². The second-order valence-corrected chi connectivity index (χ2v) is 5.75. The molecule has 2 atom stereocenters. The van der Waals surface area contributed by atoms with Crippen molar-refractivity contribution in [3.8, 4) is 5.69 Å². The minimum absolute atomic E-state index is 0.0155. The van der Waals surface area contributed by atoms with Crippen LogP contribution < -0.4 is 10.6 Å². The third-order valence-corrected chi connectivity index (χ3v) is 4.27. The number of rotatable bonds is 5. The van der Waals surface area contributed by atoms with Gasteiger partial charge < -0.3 is 19.9 Å². The van der Waals surface area contributed by atoms with Gasteiger partial charge in [-0.3, -0.25) is 4.79 Å². The van der Waals surface area contributed by atoms with Crippen LogP contribution in [0, 0.1) is 6.92 Å². The Morgan fingerprint density at radius 1 is 1.48 bits per heavy atom. The standard InChI is InChI=1S/C17H22N4O2/c1-12-18-7-8-21(12)16-6-4-3-5-13(16)10-20-17(22)15-9-14(23-2)11-19-15/h3-8,14-15,19H,9-11H2,1-2H3,(H,20,22)/t14-,15-/m0/s1. The predicted octanol–water partition coefficient (Wildman–Crippen LogP) is 1.17. The second-order valence-electron chi connectivity index (χ2n) is 5.75. The van der Waals surface area contributed by atoms with Gasteiger partial charge in [-0.05, 0) is 25.0 Å². The molecular formula is C17H22N4O2. The summed E-state index contributed by atoms with van der Waals surface area (Å²) in [5, 5.41) is 6.21. The van der Waals surface area contributed by atoms with E-state index < -0.39 is 0 Å². The third-order valence-electron chi connectivity index (χ3n) is 4.27. The van der Waals surface area contributed by atoms with E-state index in [1.165, 1.54) is 0 Å². The van der Waals surface area contributed by atoms with Crippen molar-refractivity contribution in [3.05, 3.63) is 48.0 Å². The first-order valence-corrected chi connectivity index (χ1v) is 7.81. The number of amides is 1. The summed E-state index contributed by atoms with van der Waals surface area (Å²) in [6.45, 7) is 3.17. The van der Waals surface area contributed by atoms with Gasteiger partial charge in [0.1, 0.15) is 5.82 Å². The number of imidazole rings is 1. The van der Waals surface area contributed by atoms with Crippen LogP contribution in [0.1, 0.15) is 17.8 Å². The Balaban J connectivity index is 1.67. The van der Waals surface area contributed by atoms with E-state index in [9.17, 15) is 4.79 Å². The Morgan fingerprint density at radius 2 is 2.30 bits per heavy atom. The van der Waals surface area contributed by atoms with Crippen molar-refractivity contribution < 1.29 is 9.53 Å². The van der Waals surface area contributed by atoms with Gasteiger partial charge in [-0.25, -0.2) is 4.98 Å².